The third-order valence-corrected chi connectivity index (χ3v) is 3.78. The molecule has 2 heterocycles. The molecule has 7 heteroatoms. The highest BCUT2D eigenvalue weighted by atomic mass is 79.9. The van der Waals surface area contributed by atoms with E-state index in [0.29, 0.717) is 11.4 Å². The van der Waals surface area contributed by atoms with E-state index in [-0.39, 0.29) is 12.2 Å². The Hall–Kier alpha value is -1.63. The summed E-state index contributed by atoms with van der Waals surface area (Å²) in [5.74, 6) is 0.229. The number of ketones is 1. The van der Waals surface area contributed by atoms with Crippen LogP contribution in [0.5, 0.6) is 0 Å². The van der Waals surface area contributed by atoms with Crippen molar-refractivity contribution in [2.24, 2.45) is 0 Å². The largest absolute Gasteiger partial charge is 0.383 e. The summed E-state index contributed by atoms with van der Waals surface area (Å²) >= 11 is 3.46. The maximum atomic E-state index is 12.1. The van der Waals surface area contributed by atoms with Crippen LogP contribution in [0.3, 0.4) is 0 Å². The molecule has 6 nitrogen and oxygen atoms in total. The SMILES string of the molecule is CCn1nc(C)c(Br)c1CC(=O)c1cn[nH]c1N. The molecule has 0 atom stereocenters. The van der Waals surface area contributed by atoms with Gasteiger partial charge in [-0.25, -0.2) is 0 Å². The Morgan fingerprint density at radius 1 is 1.61 bits per heavy atom. The summed E-state index contributed by atoms with van der Waals surface area (Å²) in [5.41, 5.74) is 7.79. The van der Waals surface area contributed by atoms with Gasteiger partial charge in [0.15, 0.2) is 5.78 Å². The minimum Gasteiger partial charge on any atom is -0.383 e. The maximum absolute atomic E-state index is 12.1. The van der Waals surface area contributed by atoms with Crippen molar-refractivity contribution in [3.05, 3.63) is 27.6 Å². The number of nitrogens with two attached hydrogens (primary N) is 1. The Balaban J connectivity index is 2.30. The number of halogens is 1. The first-order valence-electron chi connectivity index (χ1n) is 5.58. The van der Waals surface area contributed by atoms with E-state index in [1.54, 1.807) is 0 Å². The highest BCUT2D eigenvalue weighted by Crippen LogP contribution is 2.23. The number of aromatic nitrogens is 4. The molecule has 0 saturated heterocycles. The lowest BCUT2D eigenvalue weighted by atomic mass is 10.1. The summed E-state index contributed by atoms with van der Waals surface area (Å²) in [6, 6.07) is 0. The Morgan fingerprint density at radius 3 is 2.89 bits per heavy atom. The lowest BCUT2D eigenvalue weighted by molar-refractivity contribution is 0.0991. The number of nitrogen functional groups attached to an aromatic ring is 1. The van der Waals surface area contributed by atoms with Crippen LogP contribution >= 0.6 is 15.9 Å². The zero-order valence-electron chi connectivity index (χ0n) is 10.2. The van der Waals surface area contributed by atoms with Crippen LogP contribution in [0.2, 0.25) is 0 Å². The lowest BCUT2D eigenvalue weighted by Crippen LogP contribution is -2.11. The molecule has 96 valence electrons. The number of H-pyrrole nitrogens is 1. The van der Waals surface area contributed by atoms with Gasteiger partial charge in [-0.15, -0.1) is 0 Å². The molecule has 2 aromatic rings. The summed E-state index contributed by atoms with van der Waals surface area (Å²) in [6.07, 6.45) is 1.70. The van der Waals surface area contributed by atoms with Gasteiger partial charge < -0.3 is 5.73 Å². The number of nitrogens with zero attached hydrogens (tertiary/aromatic N) is 3. The van der Waals surface area contributed by atoms with Gasteiger partial charge in [0.25, 0.3) is 0 Å². The second kappa shape index (κ2) is 4.93. The van der Waals surface area contributed by atoms with Crippen LogP contribution in [-0.4, -0.2) is 25.8 Å². The molecule has 0 saturated carbocycles. The minimum absolute atomic E-state index is 0.0726. The predicted octanol–water partition coefficient (Wildman–Crippen LogP) is 1.70. The molecule has 0 amide bonds. The maximum Gasteiger partial charge on any atom is 0.174 e. The number of nitrogens with one attached hydrogen (secondary N) is 1. The molecule has 0 radical (unpaired) electrons. The molecule has 0 aliphatic heterocycles. The molecule has 0 spiro atoms. The molecule has 0 unspecified atom stereocenters. The number of anilines is 1. The van der Waals surface area contributed by atoms with Gasteiger partial charge in [-0.05, 0) is 29.8 Å². The molecular formula is C11H14BrN5O. The lowest BCUT2D eigenvalue weighted by Gasteiger charge is -2.04. The fourth-order valence-electron chi connectivity index (χ4n) is 1.80. The van der Waals surface area contributed by atoms with Gasteiger partial charge in [-0.2, -0.15) is 10.2 Å². The van der Waals surface area contributed by atoms with Gasteiger partial charge in [0, 0.05) is 6.54 Å². The second-order valence-electron chi connectivity index (χ2n) is 3.96. The Labute approximate surface area is 113 Å². The Bertz CT molecular complexity index is 586. The van der Waals surface area contributed by atoms with E-state index in [4.69, 9.17) is 5.73 Å². The first-order chi connectivity index (χ1) is 8.54. The molecule has 0 fully saturated rings. The number of hydrogen-bond donors (Lipinski definition) is 2. The van der Waals surface area contributed by atoms with E-state index in [1.165, 1.54) is 6.20 Å². The molecule has 18 heavy (non-hydrogen) atoms. The zero-order chi connectivity index (χ0) is 13.3. The number of aromatic amines is 1. The van der Waals surface area contributed by atoms with E-state index in [9.17, 15) is 4.79 Å². The summed E-state index contributed by atoms with van der Waals surface area (Å²) < 4.78 is 2.69. The zero-order valence-corrected chi connectivity index (χ0v) is 11.8. The predicted molar refractivity (Wildman–Crippen MR) is 71.4 cm³/mol. The van der Waals surface area contributed by atoms with E-state index >= 15 is 0 Å². The van der Waals surface area contributed by atoms with Crippen LogP contribution in [0, 0.1) is 6.92 Å². The molecule has 0 aliphatic rings. The number of hydrogen-bond acceptors (Lipinski definition) is 4. The summed E-state index contributed by atoms with van der Waals surface area (Å²) in [5, 5.41) is 10.7. The highest BCUT2D eigenvalue weighted by molar-refractivity contribution is 9.10. The Morgan fingerprint density at radius 2 is 2.33 bits per heavy atom. The van der Waals surface area contributed by atoms with Gasteiger partial charge in [0.2, 0.25) is 0 Å². The summed E-state index contributed by atoms with van der Waals surface area (Å²) in [6.45, 7) is 4.60. The fourth-order valence-corrected chi connectivity index (χ4v) is 2.23. The molecule has 0 bridgehead atoms. The summed E-state index contributed by atoms with van der Waals surface area (Å²) in [7, 11) is 0. The number of aryl methyl sites for hydroxylation is 2. The number of carbonyl (C=O) groups excluding carboxylic acids is 1. The van der Waals surface area contributed by atoms with Crippen molar-refractivity contribution in [2.45, 2.75) is 26.8 Å². The highest BCUT2D eigenvalue weighted by Gasteiger charge is 2.18. The van der Waals surface area contributed by atoms with Crippen LogP contribution in [-0.2, 0) is 13.0 Å². The monoisotopic (exact) mass is 311 g/mol. The molecule has 2 aromatic heterocycles. The average Bonchev–Trinajstić information content (AvgIpc) is 2.87. The smallest absolute Gasteiger partial charge is 0.174 e. The van der Waals surface area contributed by atoms with Crippen molar-refractivity contribution >= 4 is 27.5 Å². The van der Waals surface area contributed by atoms with Crippen LogP contribution in [0.4, 0.5) is 5.82 Å². The topological polar surface area (TPSA) is 89.6 Å². The van der Waals surface area contributed by atoms with E-state index in [1.807, 2.05) is 18.5 Å². The summed E-state index contributed by atoms with van der Waals surface area (Å²) in [4.78, 5) is 12.1. The minimum atomic E-state index is -0.0726. The van der Waals surface area contributed by atoms with Gasteiger partial charge in [-0.3, -0.25) is 14.6 Å². The van der Waals surface area contributed by atoms with Gasteiger partial charge in [0.05, 0.1) is 34.0 Å². The fraction of sp³-hybridized carbons (Fsp3) is 0.364. The second-order valence-corrected chi connectivity index (χ2v) is 4.75. The van der Waals surface area contributed by atoms with E-state index in [0.717, 1.165) is 22.4 Å². The number of Topliss-reactive ketones (excluding diaryl/α,β-unsaturated/α-hetero) is 1. The van der Waals surface area contributed by atoms with Gasteiger partial charge >= 0.3 is 0 Å². The first kappa shape index (κ1) is 12.8. The number of rotatable bonds is 4. The third kappa shape index (κ3) is 2.17. The van der Waals surface area contributed by atoms with Crippen molar-refractivity contribution in [1.82, 2.24) is 20.0 Å². The van der Waals surface area contributed by atoms with E-state index in [2.05, 4.69) is 31.2 Å². The normalized spacial score (nSPS) is 10.8. The quantitative estimate of drug-likeness (QED) is 0.841. The average molecular weight is 312 g/mol. The number of carbonyl (C=O) groups is 1. The van der Waals surface area contributed by atoms with Crippen molar-refractivity contribution in [3.8, 4) is 0 Å². The van der Waals surface area contributed by atoms with Crippen molar-refractivity contribution < 1.29 is 4.79 Å². The van der Waals surface area contributed by atoms with Crippen molar-refractivity contribution in [2.75, 3.05) is 5.73 Å². The van der Waals surface area contributed by atoms with Crippen LogP contribution in [0.25, 0.3) is 0 Å². The molecular weight excluding hydrogens is 298 g/mol. The third-order valence-electron chi connectivity index (χ3n) is 2.75. The molecule has 2 rings (SSSR count). The van der Waals surface area contributed by atoms with E-state index < -0.39 is 0 Å². The van der Waals surface area contributed by atoms with Crippen LogP contribution < -0.4 is 5.73 Å². The molecule has 0 aromatic carbocycles. The first-order valence-corrected chi connectivity index (χ1v) is 6.37. The molecule has 3 N–H and O–H groups in total. The van der Waals surface area contributed by atoms with Crippen LogP contribution in [0.1, 0.15) is 28.7 Å². The van der Waals surface area contributed by atoms with Crippen molar-refractivity contribution in [1.29, 1.82) is 0 Å². The van der Waals surface area contributed by atoms with Gasteiger partial charge in [0.1, 0.15) is 5.82 Å². The standard InChI is InChI=1S/C11H14BrN5O/c1-3-17-8(10(12)6(2)16-17)4-9(18)7-5-14-15-11(7)13/h5H,3-4H2,1-2H3,(H3,13,14,15). The van der Waals surface area contributed by atoms with Crippen molar-refractivity contribution in [3.63, 3.8) is 0 Å². The molecule has 0 aliphatic carbocycles. The van der Waals surface area contributed by atoms with Gasteiger partial charge in [-0.1, -0.05) is 0 Å². The van der Waals surface area contributed by atoms with Crippen LogP contribution in [0.15, 0.2) is 10.7 Å². The Kier molecular flexibility index (Phi) is 3.51.